The van der Waals surface area contributed by atoms with Gasteiger partial charge in [-0.1, -0.05) is 29.5 Å². The molecule has 2 rings (SSSR count). The Hall–Kier alpha value is -1.75. The molecule has 22 heavy (non-hydrogen) atoms. The van der Waals surface area contributed by atoms with Gasteiger partial charge in [0.25, 0.3) is 0 Å². The molecule has 0 spiro atoms. The van der Waals surface area contributed by atoms with Crippen LogP contribution in [0.5, 0.6) is 0 Å². The molecule has 0 aliphatic carbocycles. The molecule has 1 amide bonds. The van der Waals surface area contributed by atoms with Crippen molar-refractivity contribution < 1.29 is 4.79 Å². The molecule has 0 aliphatic heterocycles. The van der Waals surface area contributed by atoms with E-state index >= 15 is 0 Å². The minimum atomic E-state index is -0.0748. The number of aromatic nitrogens is 2. The van der Waals surface area contributed by atoms with E-state index in [9.17, 15) is 4.79 Å². The summed E-state index contributed by atoms with van der Waals surface area (Å²) >= 11 is 1.66. The van der Waals surface area contributed by atoms with E-state index in [4.69, 9.17) is 0 Å². The predicted molar refractivity (Wildman–Crippen MR) is 90.7 cm³/mol. The lowest BCUT2D eigenvalue weighted by molar-refractivity contribution is 0.201. The van der Waals surface area contributed by atoms with E-state index in [2.05, 4.69) is 38.0 Å². The molecule has 0 fully saturated rings. The first-order valence-electron chi connectivity index (χ1n) is 7.55. The van der Waals surface area contributed by atoms with Crippen molar-refractivity contribution in [2.75, 3.05) is 13.1 Å². The predicted octanol–water partition coefficient (Wildman–Crippen LogP) is 4.27. The zero-order valence-corrected chi connectivity index (χ0v) is 14.7. The van der Waals surface area contributed by atoms with Crippen LogP contribution in [-0.4, -0.2) is 33.8 Å². The monoisotopic (exact) mass is 317 g/mol. The van der Waals surface area contributed by atoms with Gasteiger partial charge < -0.3 is 4.90 Å². The zero-order chi connectivity index (χ0) is 16.3. The third kappa shape index (κ3) is 3.53. The third-order valence-corrected chi connectivity index (χ3v) is 4.91. The second kappa shape index (κ2) is 7.01. The van der Waals surface area contributed by atoms with Crippen molar-refractivity contribution in [3.05, 3.63) is 41.2 Å². The topological polar surface area (TPSA) is 38.1 Å². The third-order valence-electron chi connectivity index (χ3n) is 3.61. The Morgan fingerprint density at radius 1 is 1.18 bits per heavy atom. The van der Waals surface area contributed by atoms with Gasteiger partial charge in [0.15, 0.2) is 0 Å². The van der Waals surface area contributed by atoms with E-state index in [-0.39, 0.29) is 6.03 Å². The molecule has 1 aromatic heterocycles. The summed E-state index contributed by atoms with van der Waals surface area (Å²) in [7, 11) is 0. The van der Waals surface area contributed by atoms with Gasteiger partial charge in [-0.2, -0.15) is 9.78 Å². The Kier molecular flexibility index (Phi) is 5.29. The highest BCUT2D eigenvalue weighted by molar-refractivity contribution is 7.99. The minimum absolute atomic E-state index is 0.0748. The molecule has 0 saturated heterocycles. The fourth-order valence-corrected chi connectivity index (χ4v) is 3.48. The average Bonchev–Trinajstić information content (AvgIpc) is 2.92. The molecular weight excluding hydrogens is 294 g/mol. The van der Waals surface area contributed by atoms with E-state index in [0.717, 1.165) is 4.90 Å². The van der Waals surface area contributed by atoms with Crippen molar-refractivity contribution in [2.24, 2.45) is 0 Å². The Labute approximate surface area is 136 Å². The first-order valence-corrected chi connectivity index (χ1v) is 8.37. The van der Waals surface area contributed by atoms with Gasteiger partial charge in [-0.15, -0.1) is 0 Å². The Morgan fingerprint density at radius 2 is 1.77 bits per heavy atom. The molecule has 118 valence electrons. The van der Waals surface area contributed by atoms with Gasteiger partial charge in [-0.25, -0.2) is 4.79 Å². The van der Waals surface area contributed by atoms with Crippen LogP contribution < -0.4 is 0 Å². The Balaban J connectivity index is 2.21. The van der Waals surface area contributed by atoms with Crippen molar-refractivity contribution in [1.82, 2.24) is 14.7 Å². The Bertz CT molecular complexity index is 651. The van der Waals surface area contributed by atoms with Crippen molar-refractivity contribution in [3.8, 4) is 0 Å². The van der Waals surface area contributed by atoms with Gasteiger partial charge >= 0.3 is 6.03 Å². The van der Waals surface area contributed by atoms with Crippen LogP contribution in [0.1, 0.15) is 30.5 Å². The molecule has 0 bridgehead atoms. The summed E-state index contributed by atoms with van der Waals surface area (Å²) in [5.41, 5.74) is 3.78. The number of amides is 1. The fourth-order valence-electron chi connectivity index (χ4n) is 2.55. The van der Waals surface area contributed by atoms with Gasteiger partial charge in [0.2, 0.25) is 0 Å². The summed E-state index contributed by atoms with van der Waals surface area (Å²) in [6.45, 7) is 11.7. The highest BCUT2D eigenvalue weighted by atomic mass is 32.2. The maximum atomic E-state index is 12.3. The number of benzene rings is 1. The van der Waals surface area contributed by atoms with Crippen molar-refractivity contribution in [1.29, 1.82) is 0 Å². The van der Waals surface area contributed by atoms with Crippen LogP contribution in [0, 0.1) is 20.8 Å². The van der Waals surface area contributed by atoms with Crippen LogP contribution in [0.4, 0.5) is 4.79 Å². The van der Waals surface area contributed by atoms with Gasteiger partial charge in [0, 0.05) is 24.2 Å². The van der Waals surface area contributed by atoms with Gasteiger partial charge in [-0.3, -0.25) is 0 Å². The van der Waals surface area contributed by atoms with Crippen LogP contribution in [-0.2, 0) is 0 Å². The van der Waals surface area contributed by atoms with Gasteiger partial charge in [-0.05, 0) is 45.7 Å². The normalized spacial score (nSPS) is 10.8. The van der Waals surface area contributed by atoms with Crippen molar-refractivity contribution >= 4 is 17.8 Å². The van der Waals surface area contributed by atoms with E-state index in [0.29, 0.717) is 13.1 Å². The summed E-state index contributed by atoms with van der Waals surface area (Å²) in [6.07, 6.45) is 3.56. The maximum absolute atomic E-state index is 12.3. The molecule has 0 atom stereocenters. The fraction of sp³-hybridized carbons (Fsp3) is 0.412. The SMILES string of the molecule is CCN(CC)C(=O)n1cc(Sc2c(C)cc(C)cc2C)cn1. The van der Waals surface area contributed by atoms with E-state index < -0.39 is 0 Å². The summed E-state index contributed by atoms with van der Waals surface area (Å²) in [5.74, 6) is 0. The molecule has 0 unspecified atom stereocenters. The lowest BCUT2D eigenvalue weighted by Gasteiger charge is -2.17. The molecule has 0 aliphatic rings. The number of nitrogens with zero attached hydrogens (tertiary/aromatic N) is 3. The summed E-state index contributed by atoms with van der Waals surface area (Å²) in [5, 5.41) is 4.21. The lowest BCUT2D eigenvalue weighted by Crippen LogP contribution is -2.34. The average molecular weight is 317 g/mol. The number of hydrogen-bond donors (Lipinski definition) is 0. The van der Waals surface area contributed by atoms with E-state index in [1.807, 2.05) is 20.0 Å². The standard InChI is InChI=1S/C17H23N3OS/c1-6-19(7-2)17(21)20-11-15(10-18-20)22-16-13(4)8-12(3)9-14(16)5/h8-11H,6-7H2,1-5H3. The summed E-state index contributed by atoms with van der Waals surface area (Å²) in [6, 6.07) is 4.29. The van der Waals surface area contributed by atoms with E-state index in [1.165, 1.54) is 26.3 Å². The smallest absolute Gasteiger partial charge is 0.323 e. The van der Waals surface area contributed by atoms with Crippen LogP contribution in [0.25, 0.3) is 0 Å². The number of aryl methyl sites for hydroxylation is 3. The van der Waals surface area contributed by atoms with Crippen LogP contribution in [0.2, 0.25) is 0 Å². The molecule has 2 aromatic rings. The first kappa shape index (κ1) is 16.6. The van der Waals surface area contributed by atoms with Crippen LogP contribution in [0.3, 0.4) is 0 Å². The molecule has 5 heteroatoms. The number of hydrogen-bond acceptors (Lipinski definition) is 3. The lowest BCUT2D eigenvalue weighted by atomic mass is 10.1. The Morgan fingerprint density at radius 3 is 2.32 bits per heavy atom. The molecule has 1 heterocycles. The molecule has 0 radical (unpaired) electrons. The molecule has 1 aromatic carbocycles. The summed E-state index contributed by atoms with van der Waals surface area (Å²) in [4.78, 5) is 16.2. The van der Waals surface area contributed by atoms with Gasteiger partial charge in [0.05, 0.1) is 11.1 Å². The van der Waals surface area contributed by atoms with Crippen molar-refractivity contribution in [2.45, 2.75) is 44.4 Å². The molecule has 4 nitrogen and oxygen atoms in total. The number of carbonyl (C=O) groups excluding carboxylic acids is 1. The number of carbonyl (C=O) groups is 1. The summed E-state index contributed by atoms with van der Waals surface area (Å²) < 4.78 is 1.42. The highest BCUT2D eigenvalue weighted by Crippen LogP contribution is 2.33. The zero-order valence-electron chi connectivity index (χ0n) is 13.9. The minimum Gasteiger partial charge on any atom is -0.323 e. The number of rotatable bonds is 4. The molecular formula is C17H23N3OS. The molecule has 0 saturated carbocycles. The van der Waals surface area contributed by atoms with Gasteiger partial charge in [0.1, 0.15) is 0 Å². The first-order chi connectivity index (χ1) is 10.5. The van der Waals surface area contributed by atoms with Crippen LogP contribution >= 0.6 is 11.8 Å². The van der Waals surface area contributed by atoms with Crippen molar-refractivity contribution in [3.63, 3.8) is 0 Å². The quantitative estimate of drug-likeness (QED) is 0.845. The van der Waals surface area contributed by atoms with Crippen LogP contribution in [0.15, 0.2) is 34.3 Å². The largest absolute Gasteiger partial charge is 0.344 e. The maximum Gasteiger partial charge on any atom is 0.344 e. The highest BCUT2D eigenvalue weighted by Gasteiger charge is 2.14. The van der Waals surface area contributed by atoms with E-state index in [1.54, 1.807) is 22.9 Å². The second-order valence-corrected chi connectivity index (χ2v) is 6.49. The molecule has 0 N–H and O–H groups in total. The second-order valence-electron chi connectivity index (χ2n) is 5.41.